The summed E-state index contributed by atoms with van der Waals surface area (Å²) in [5.41, 5.74) is 4.15. The summed E-state index contributed by atoms with van der Waals surface area (Å²) in [5, 5.41) is 4.66. The number of aromatic nitrogens is 2. The number of hydrogen-bond acceptors (Lipinski definition) is 3. The first kappa shape index (κ1) is 16.5. The molecule has 0 amide bonds. The zero-order valence-corrected chi connectivity index (χ0v) is 14.8. The highest BCUT2D eigenvalue weighted by molar-refractivity contribution is 7.90. The monoisotopic (exact) mass is 340 g/mol. The Morgan fingerprint density at radius 2 is 1.75 bits per heavy atom. The highest BCUT2D eigenvalue weighted by Gasteiger charge is 2.13. The summed E-state index contributed by atoms with van der Waals surface area (Å²) in [6.07, 6.45) is 7.19. The molecule has 5 heteroatoms. The van der Waals surface area contributed by atoms with Gasteiger partial charge in [-0.05, 0) is 35.7 Å². The lowest BCUT2D eigenvalue weighted by molar-refractivity contribution is 0.602. The summed E-state index contributed by atoms with van der Waals surface area (Å²) in [6.45, 7) is 4.25. The number of fused-ring (bicyclic) bond motifs is 1. The summed E-state index contributed by atoms with van der Waals surface area (Å²) in [5.74, 6) is 0.317. The van der Waals surface area contributed by atoms with Crippen molar-refractivity contribution in [3.8, 4) is 0 Å². The molecule has 0 bridgehead atoms. The van der Waals surface area contributed by atoms with E-state index in [0.29, 0.717) is 10.8 Å². The molecular weight excluding hydrogens is 320 g/mol. The Hall–Kier alpha value is -2.40. The molecule has 0 radical (unpaired) electrons. The van der Waals surface area contributed by atoms with E-state index in [1.54, 1.807) is 12.1 Å². The van der Waals surface area contributed by atoms with Crippen LogP contribution in [0.15, 0.2) is 53.6 Å². The van der Waals surface area contributed by atoms with Crippen LogP contribution in [0.3, 0.4) is 0 Å². The van der Waals surface area contributed by atoms with Crippen LogP contribution < -0.4 is 0 Å². The molecule has 24 heavy (non-hydrogen) atoms. The van der Waals surface area contributed by atoms with Crippen LogP contribution in [-0.4, -0.2) is 24.3 Å². The highest BCUT2D eigenvalue weighted by atomic mass is 32.2. The molecule has 0 saturated heterocycles. The predicted octanol–water partition coefficient (Wildman–Crippen LogP) is 4.03. The normalized spacial score (nSPS) is 12.5. The maximum atomic E-state index is 11.5. The minimum absolute atomic E-state index is 0.317. The molecule has 0 aliphatic rings. The van der Waals surface area contributed by atoms with Gasteiger partial charge in [0.25, 0.3) is 0 Å². The second-order valence-electron chi connectivity index (χ2n) is 6.16. The number of benzene rings is 1. The Morgan fingerprint density at radius 3 is 2.38 bits per heavy atom. The second kappa shape index (κ2) is 6.24. The van der Waals surface area contributed by atoms with Crippen LogP contribution in [0.5, 0.6) is 0 Å². The van der Waals surface area contributed by atoms with Crippen molar-refractivity contribution in [1.82, 2.24) is 9.61 Å². The fourth-order valence-electron chi connectivity index (χ4n) is 2.64. The van der Waals surface area contributed by atoms with Gasteiger partial charge >= 0.3 is 0 Å². The van der Waals surface area contributed by atoms with Crippen LogP contribution >= 0.6 is 0 Å². The quantitative estimate of drug-likeness (QED) is 0.720. The maximum Gasteiger partial charge on any atom is 0.175 e. The molecule has 0 N–H and O–H groups in total. The lowest BCUT2D eigenvalue weighted by atomic mass is 10.0. The fraction of sp³-hybridized carbons (Fsp3) is 0.211. The molecule has 1 aromatic carbocycles. The third kappa shape index (κ3) is 3.26. The molecule has 0 aliphatic carbocycles. The van der Waals surface area contributed by atoms with Crippen LogP contribution in [0, 0.1) is 0 Å². The lowest BCUT2D eigenvalue weighted by Gasteiger charge is -2.02. The van der Waals surface area contributed by atoms with E-state index in [0.717, 1.165) is 22.3 Å². The van der Waals surface area contributed by atoms with Crippen LogP contribution in [0.25, 0.3) is 17.7 Å². The molecule has 0 fully saturated rings. The zero-order chi connectivity index (χ0) is 17.3. The third-order valence-electron chi connectivity index (χ3n) is 3.90. The van der Waals surface area contributed by atoms with Gasteiger partial charge in [-0.25, -0.2) is 12.9 Å². The molecule has 0 aliphatic heterocycles. The summed E-state index contributed by atoms with van der Waals surface area (Å²) in [4.78, 5) is 0.332. The predicted molar refractivity (Wildman–Crippen MR) is 97.8 cm³/mol. The average molecular weight is 340 g/mol. The summed E-state index contributed by atoms with van der Waals surface area (Å²) in [7, 11) is -3.16. The number of rotatable bonds is 4. The van der Waals surface area contributed by atoms with Crippen molar-refractivity contribution in [2.75, 3.05) is 6.26 Å². The Morgan fingerprint density at radius 1 is 1.04 bits per heavy atom. The van der Waals surface area contributed by atoms with Gasteiger partial charge in [-0.2, -0.15) is 5.10 Å². The first-order chi connectivity index (χ1) is 11.4. The third-order valence-corrected chi connectivity index (χ3v) is 5.03. The number of hydrogen-bond donors (Lipinski definition) is 0. The molecule has 4 nitrogen and oxygen atoms in total. The first-order valence-corrected chi connectivity index (χ1v) is 9.71. The Balaban J connectivity index is 2.00. The number of pyridine rings is 1. The van der Waals surface area contributed by atoms with E-state index in [-0.39, 0.29) is 0 Å². The molecule has 124 valence electrons. The minimum atomic E-state index is -3.16. The van der Waals surface area contributed by atoms with Gasteiger partial charge in [0.1, 0.15) is 0 Å². The Kier molecular flexibility index (Phi) is 4.28. The summed E-state index contributed by atoms with van der Waals surface area (Å²) < 4.78 is 24.9. The van der Waals surface area contributed by atoms with Crippen molar-refractivity contribution >= 4 is 27.5 Å². The molecular formula is C19H20N2O2S. The zero-order valence-electron chi connectivity index (χ0n) is 14.0. The van der Waals surface area contributed by atoms with Crippen molar-refractivity contribution in [2.45, 2.75) is 24.7 Å². The molecule has 3 aromatic rings. The highest BCUT2D eigenvalue weighted by Crippen LogP contribution is 2.25. The maximum absolute atomic E-state index is 11.5. The standard InChI is InChI=1S/C19H20N2O2S/c1-14(2)19-17(18-6-4-5-13-21(18)20-19)12-9-15-7-10-16(11-8-15)24(3,22)23/h4-14H,1-3H3/b12-9+. The second-order valence-corrected chi connectivity index (χ2v) is 8.17. The molecule has 0 saturated carbocycles. The molecule has 0 unspecified atom stereocenters. The number of sulfone groups is 1. The van der Waals surface area contributed by atoms with E-state index >= 15 is 0 Å². The molecule has 2 aromatic heterocycles. The van der Waals surface area contributed by atoms with Gasteiger partial charge in [0.05, 0.1) is 16.1 Å². The van der Waals surface area contributed by atoms with Crippen molar-refractivity contribution in [3.05, 3.63) is 65.5 Å². The van der Waals surface area contributed by atoms with Crippen molar-refractivity contribution in [3.63, 3.8) is 0 Å². The van der Waals surface area contributed by atoms with Crippen LogP contribution in [-0.2, 0) is 9.84 Å². The summed E-state index contributed by atoms with van der Waals surface area (Å²) in [6, 6.07) is 12.9. The van der Waals surface area contributed by atoms with E-state index in [4.69, 9.17) is 0 Å². The molecule has 2 heterocycles. The van der Waals surface area contributed by atoms with Gasteiger partial charge in [-0.1, -0.05) is 44.2 Å². The van der Waals surface area contributed by atoms with E-state index in [1.165, 1.54) is 6.26 Å². The van der Waals surface area contributed by atoms with Crippen molar-refractivity contribution in [1.29, 1.82) is 0 Å². The largest absolute Gasteiger partial charge is 0.240 e. The van der Waals surface area contributed by atoms with Crippen LogP contribution in [0.4, 0.5) is 0 Å². The van der Waals surface area contributed by atoms with Crippen LogP contribution in [0.1, 0.15) is 36.6 Å². The molecule has 3 rings (SSSR count). The van der Waals surface area contributed by atoms with Crippen molar-refractivity contribution < 1.29 is 8.42 Å². The van der Waals surface area contributed by atoms with Gasteiger partial charge in [0.15, 0.2) is 9.84 Å². The van der Waals surface area contributed by atoms with E-state index in [2.05, 4.69) is 18.9 Å². The minimum Gasteiger partial charge on any atom is -0.240 e. The topological polar surface area (TPSA) is 51.4 Å². The van der Waals surface area contributed by atoms with Crippen molar-refractivity contribution in [2.24, 2.45) is 0 Å². The fourth-order valence-corrected chi connectivity index (χ4v) is 3.27. The van der Waals surface area contributed by atoms with Gasteiger partial charge in [0, 0.05) is 18.0 Å². The Labute approximate surface area is 142 Å². The molecule has 0 atom stereocenters. The SMILES string of the molecule is CC(C)c1nn2ccccc2c1/C=C/c1ccc(S(C)(=O)=O)cc1. The Bertz CT molecular complexity index is 998. The van der Waals surface area contributed by atoms with Gasteiger partial charge in [-0.15, -0.1) is 0 Å². The molecule has 0 spiro atoms. The van der Waals surface area contributed by atoms with Gasteiger partial charge in [0.2, 0.25) is 0 Å². The smallest absolute Gasteiger partial charge is 0.175 e. The summed E-state index contributed by atoms with van der Waals surface area (Å²) >= 11 is 0. The van der Waals surface area contributed by atoms with Crippen LogP contribution in [0.2, 0.25) is 0 Å². The van der Waals surface area contributed by atoms with E-state index < -0.39 is 9.84 Å². The average Bonchev–Trinajstić information content (AvgIpc) is 2.91. The van der Waals surface area contributed by atoms with E-state index in [9.17, 15) is 8.42 Å². The van der Waals surface area contributed by atoms with Gasteiger partial charge in [-0.3, -0.25) is 0 Å². The first-order valence-electron chi connectivity index (χ1n) is 7.82. The number of nitrogens with zero attached hydrogens (tertiary/aromatic N) is 2. The van der Waals surface area contributed by atoms with E-state index in [1.807, 2.05) is 53.2 Å². The lowest BCUT2D eigenvalue weighted by Crippen LogP contribution is -1.96. The van der Waals surface area contributed by atoms with Gasteiger partial charge < -0.3 is 0 Å².